The molecule has 4 aliphatic carbocycles. The van der Waals surface area contributed by atoms with Crippen LogP contribution in [0.1, 0.15) is 111 Å². The van der Waals surface area contributed by atoms with Gasteiger partial charge in [0.05, 0.1) is 12.0 Å². The molecule has 0 aromatic rings. The second-order valence-corrected chi connectivity index (χ2v) is 13.7. The van der Waals surface area contributed by atoms with E-state index < -0.39 is 24.6 Å². The van der Waals surface area contributed by atoms with Crippen molar-refractivity contribution in [2.45, 2.75) is 117 Å². The Morgan fingerprint density at radius 1 is 0.868 bits per heavy atom. The first kappa shape index (κ1) is 29.4. The number of aliphatic carboxylic acids is 1. The van der Waals surface area contributed by atoms with Gasteiger partial charge in [0, 0.05) is 12.8 Å². The van der Waals surface area contributed by atoms with Gasteiger partial charge >= 0.3 is 17.9 Å². The molecular formula is C31H50O7. The van der Waals surface area contributed by atoms with E-state index in [1.165, 1.54) is 51.4 Å². The molecule has 0 saturated heterocycles. The van der Waals surface area contributed by atoms with Crippen molar-refractivity contribution >= 4 is 17.9 Å². The summed E-state index contributed by atoms with van der Waals surface area (Å²) in [5.41, 5.74) is 0.612. The van der Waals surface area contributed by atoms with E-state index in [9.17, 15) is 19.5 Å². The third kappa shape index (κ3) is 5.78. The molecule has 2 N–H and O–H groups in total. The van der Waals surface area contributed by atoms with Gasteiger partial charge in [0.25, 0.3) is 0 Å². The van der Waals surface area contributed by atoms with E-state index in [4.69, 9.17) is 14.6 Å². The van der Waals surface area contributed by atoms with Crippen LogP contribution in [0.2, 0.25) is 0 Å². The molecular weight excluding hydrogens is 484 g/mol. The van der Waals surface area contributed by atoms with Crippen LogP contribution in [0, 0.1) is 52.3 Å². The van der Waals surface area contributed by atoms with Crippen molar-refractivity contribution in [1.82, 2.24) is 0 Å². The fourth-order valence-electron chi connectivity index (χ4n) is 9.54. The lowest BCUT2D eigenvalue weighted by Crippen LogP contribution is -2.57. The maximum atomic E-state index is 12.3. The van der Waals surface area contributed by atoms with Gasteiger partial charge in [0.15, 0.2) is 0 Å². The molecule has 0 aromatic heterocycles. The Labute approximate surface area is 228 Å². The van der Waals surface area contributed by atoms with Gasteiger partial charge < -0.3 is 19.7 Å². The Morgan fingerprint density at radius 2 is 1.53 bits per heavy atom. The van der Waals surface area contributed by atoms with Gasteiger partial charge in [-0.15, -0.1) is 0 Å². The highest BCUT2D eigenvalue weighted by atomic mass is 16.7. The highest BCUT2D eigenvalue weighted by Gasteiger charge is 2.62. The maximum absolute atomic E-state index is 12.3. The number of aliphatic hydroxyl groups excluding tert-OH is 1. The smallest absolute Gasteiger partial charge is 0.308 e. The van der Waals surface area contributed by atoms with Crippen molar-refractivity contribution in [2.24, 2.45) is 52.3 Å². The molecule has 5 unspecified atom stereocenters. The highest BCUT2D eigenvalue weighted by molar-refractivity contribution is 5.73. The maximum Gasteiger partial charge on any atom is 0.308 e. The zero-order chi connectivity index (χ0) is 27.7. The van der Waals surface area contributed by atoms with Crippen LogP contribution in [0.15, 0.2) is 0 Å². The second kappa shape index (κ2) is 11.9. The lowest BCUT2D eigenvalue weighted by atomic mass is 9.44. The molecule has 4 fully saturated rings. The van der Waals surface area contributed by atoms with Crippen molar-refractivity contribution in [3.8, 4) is 0 Å². The predicted molar refractivity (Wildman–Crippen MR) is 143 cm³/mol. The average Bonchev–Trinajstić information content (AvgIpc) is 3.23. The number of ether oxygens (including phenoxy) is 2. The fourth-order valence-corrected chi connectivity index (χ4v) is 9.54. The van der Waals surface area contributed by atoms with Crippen LogP contribution in [0.3, 0.4) is 0 Å². The minimum atomic E-state index is -0.948. The summed E-state index contributed by atoms with van der Waals surface area (Å²) in [4.78, 5) is 34.9. The van der Waals surface area contributed by atoms with E-state index in [-0.39, 0.29) is 30.3 Å². The predicted octanol–water partition coefficient (Wildman–Crippen LogP) is 5.97. The van der Waals surface area contributed by atoms with Crippen LogP contribution in [0.4, 0.5) is 0 Å². The molecule has 38 heavy (non-hydrogen) atoms. The first-order chi connectivity index (χ1) is 18.0. The molecule has 0 aromatic carbocycles. The molecule has 7 nitrogen and oxygen atoms in total. The summed E-state index contributed by atoms with van der Waals surface area (Å²) < 4.78 is 10.1. The van der Waals surface area contributed by atoms with Gasteiger partial charge in [-0.25, -0.2) is 0 Å². The topological polar surface area (TPSA) is 110 Å². The Bertz CT molecular complexity index is 872. The molecule has 216 valence electrons. The zero-order valence-electron chi connectivity index (χ0n) is 24.0. The van der Waals surface area contributed by atoms with E-state index in [1.807, 2.05) is 0 Å². The number of carbonyl (C=O) groups excluding carboxylic acids is 2. The molecule has 7 heteroatoms. The summed E-state index contributed by atoms with van der Waals surface area (Å²) in [5.74, 6) is 0.752. The molecule has 10 atom stereocenters. The van der Waals surface area contributed by atoms with Gasteiger partial charge in [-0.2, -0.15) is 0 Å². The number of rotatable bonds is 10. The van der Waals surface area contributed by atoms with Crippen LogP contribution in [0.5, 0.6) is 0 Å². The fraction of sp³-hybridized carbons (Fsp3) is 0.903. The van der Waals surface area contributed by atoms with Crippen LogP contribution in [-0.4, -0.2) is 41.0 Å². The first-order valence-electron chi connectivity index (χ1n) is 15.2. The molecule has 4 aliphatic rings. The Kier molecular flexibility index (Phi) is 9.16. The van der Waals surface area contributed by atoms with Gasteiger partial charge in [-0.05, 0) is 104 Å². The molecule has 0 bridgehead atoms. The Balaban J connectivity index is 1.25. The second-order valence-electron chi connectivity index (χ2n) is 13.7. The minimum absolute atomic E-state index is 0.0141. The third-order valence-corrected chi connectivity index (χ3v) is 11.8. The van der Waals surface area contributed by atoms with E-state index in [1.54, 1.807) is 6.92 Å². The van der Waals surface area contributed by atoms with E-state index >= 15 is 0 Å². The third-order valence-electron chi connectivity index (χ3n) is 11.8. The van der Waals surface area contributed by atoms with Crippen LogP contribution in [0.25, 0.3) is 0 Å². The minimum Gasteiger partial charge on any atom is -0.481 e. The summed E-state index contributed by atoms with van der Waals surface area (Å²) in [6.07, 6.45) is 12.1. The van der Waals surface area contributed by atoms with E-state index in [2.05, 4.69) is 20.8 Å². The molecule has 0 heterocycles. The van der Waals surface area contributed by atoms with Crippen molar-refractivity contribution in [3.63, 3.8) is 0 Å². The van der Waals surface area contributed by atoms with Gasteiger partial charge in [0.1, 0.15) is 0 Å². The number of carboxylic acids is 1. The summed E-state index contributed by atoms with van der Waals surface area (Å²) in [6, 6.07) is 0. The van der Waals surface area contributed by atoms with Gasteiger partial charge in [0.2, 0.25) is 6.79 Å². The average molecular weight is 535 g/mol. The van der Waals surface area contributed by atoms with Gasteiger partial charge in [-0.3, -0.25) is 14.4 Å². The molecule has 0 radical (unpaired) electrons. The molecule has 0 amide bonds. The van der Waals surface area contributed by atoms with Crippen molar-refractivity contribution in [3.05, 3.63) is 0 Å². The summed E-state index contributed by atoms with van der Waals surface area (Å²) in [7, 11) is 0. The number of esters is 2. The summed E-state index contributed by atoms with van der Waals surface area (Å²) >= 11 is 0. The Hall–Kier alpha value is -1.63. The molecule has 0 spiro atoms. The van der Waals surface area contributed by atoms with E-state index in [0.717, 1.165) is 12.8 Å². The normalized spacial score (nSPS) is 39.7. The lowest BCUT2D eigenvalue weighted by molar-refractivity contribution is -0.168. The van der Waals surface area contributed by atoms with Crippen molar-refractivity contribution in [2.75, 3.05) is 6.79 Å². The van der Waals surface area contributed by atoms with E-state index in [0.29, 0.717) is 47.3 Å². The standard InChI is InChI=1S/C31H50O7/c1-19(8-12-26(33)37-18-38-27(34)13-9-20(2)29(35)36)22-10-11-23-28-24(14-16-31(22,23)4)30(3)15-6-5-7-21(30)17-25(28)32/h19-25,28,32H,5-18H2,1-4H3,(H,35,36)/t19-,20?,21+,22?,23?,24?,25+,28?,30+,31-/m1/s1. The molecule has 4 saturated carbocycles. The number of carbonyl (C=O) groups is 3. The van der Waals surface area contributed by atoms with Gasteiger partial charge in [-0.1, -0.05) is 40.5 Å². The molecule has 4 rings (SSSR count). The monoisotopic (exact) mass is 534 g/mol. The number of carboxylic acid groups (broad SMARTS) is 1. The quantitative estimate of drug-likeness (QED) is 0.262. The lowest BCUT2D eigenvalue weighted by Gasteiger charge is -2.62. The van der Waals surface area contributed by atoms with Crippen LogP contribution >= 0.6 is 0 Å². The number of aliphatic hydroxyl groups is 1. The Morgan fingerprint density at radius 3 is 2.21 bits per heavy atom. The highest BCUT2D eigenvalue weighted by Crippen LogP contribution is 2.68. The van der Waals surface area contributed by atoms with Crippen molar-refractivity contribution in [1.29, 1.82) is 0 Å². The SMILES string of the molecule is CC(CCC(=O)OCOC(=O)CC[C@@H](C)C1CCC2C3C(CC[C@@]21C)[C@@]1(C)CCCC[C@H]1C[C@@H]3O)C(=O)O. The number of hydrogen-bond donors (Lipinski definition) is 2. The summed E-state index contributed by atoms with van der Waals surface area (Å²) in [6.45, 7) is 8.39. The summed E-state index contributed by atoms with van der Waals surface area (Å²) in [5, 5.41) is 20.3. The first-order valence-corrected chi connectivity index (χ1v) is 15.2. The number of fused-ring (bicyclic) bond motifs is 5. The zero-order valence-corrected chi connectivity index (χ0v) is 24.0. The van der Waals surface area contributed by atoms with Crippen LogP contribution < -0.4 is 0 Å². The van der Waals surface area contributed by atoms with Crippen molar-refractivity contribution < 1.29 is 34.1 Å². The largest absolute Gasteiger partial charge is 0.481 e. The van der Waals surface area contributed by atoms with Crippen LogP contribution in [-0.2, 0) is 23.9 Å². The number of hydrogen-bond acceptors (Lipinski definition) is 6. The molecule has 0 aliphatic heterocycles.